The van der Waals surface area contributed by atoms with Gasteiger partial charge in [-0.3, -0.25) is 0 Å². The minimum absolute atomic E-state index is 0. The van der Waals surface area contributed by atoms with E-state index in [1.54, 1.807) is 41.6 Å². The van der Waals surface area contributed by atoms with E-state index in [0.717, 1.165) is 0 Å². The van der Waals surface area contributed by atoms with Gasteiger partial charge < -0.3 is 5.73 Å². The summed E-state index contributed by atoms with van der Waals surface area (Å²) >= 11 is 0. The minimum atomic E-state index is -4.78. The first kappa shape index (κ1) is 35.8. The third-order valence-electron chi connectivity index (χ3n) is 6.87. The molecule has 10 radical (unpaired) electrons. The summed E-state index contributed by atoms with van der Waals surface area (Å²) in [7, 11) is 0. The van der Waals surface area contributed by atoms with E-state index in [-0.39, 0.29) is 37.8 Å². The third kappa shape index (κ3) is 11.4. The molecular weight excluding hydrogens is 604 g/mol. The van der Waals surface area contributed by atoms with Gasteiger partial charge in [0, 0.05) is 0 Å². The Hall–Kier alpha value is -0.357. The van der Waals surface area contributed by atoms with Crippen molar-refractivity contribution >= 4 is 0 Å². The number of halogens is 6. The summed E-state index contributed by atoms with van der Waals surface area (Å²) in [5, 5.41) is 0. The molecule has 1 aromatic rings. The van der Waals surface area contributed by atoms with Crippen LogP contribution in [-0.4, -0.2) is 5.54 Å². The van der Waals surface area contributed by atoms with E-state index in [4.69, 9.17) is 5.73 Å². The normalized spacial score (nSPS) is 21.9. The molecule has 4 saturated carbocycles. The summed E-state index contributed by atoms with van der Waals surface area (Å²) in [4.78, 5) is 0. The first-order chi connectivity index (χ1) is 18.1. The SMILES string of the molecule is CC(C)(C)[NH-].FC(F)(F)c1c[c-]cc(C(F)(F)F)c1.[CH]1[CH][C](CC[C]2[CH][CH][C]3CCCC[C]32)[C]2CCCC[C]12.[Zr+4]. The topological polar surface area (TPSA) is 23.8 Å². The summed E-state index contributed by atoms with van der Waals surface area (Å²) < 4.78 is 71.8. The van der Waals surface area contributed by atoms with Crippen molar-refractivity contribution < 1.29 is 52.5 Å². The Kier molecular flexibility index (Phi) is 13.8. The van der Waals surface area contributed by atoms with E-state index in [9.17, 15) is 26.3 Å². The molecule has 1 aromatic carbocycles. The predicted molar refractivity (Wildman–Crippen MR) is 142 cm³/mol. The van der Waals surface area contributed by atoms with Crippen molar-refractivity contribution in [3.8, 4) is 0 Å². The van der Waals surface area contributed by atoms with Crippen LogP contribution in [-0.2, 0) is 38.6 Å². The van der Waals surface area contributed by atoms with Gasteiger partial charge in [0.15, 0.2) is 0 Å². The summed E-state index contributed by atoms with van der Waals surface area (Å²) in [6.07, 6.45) is 13.4. The summed E-state index contributed by atoms with van der Waals surface area (Å²) in [6, 6.07) is 2.79. The van der Waals surface area contributed by atoms with Crippen LogP contribution in [0.15, 0.2) is 18.2 Å². The van der Waals surface area contributed by atoms with Crippen LogP contribution in [0.4, 0.5) is 26.3 Å². The van der Waals surface area contributed by atoms with E-state index >= 15 is 0 Å². The minimum Gasteiger partial charge on any atom is -0.673 e. The first-order valence-corrected chi connectivity index (χ1v) is 13.6. The molecule has 0 aromatic heterocycles. The average Bonchev–Trinajstić information content (AvgIpc) is 3.45. The van der Waals surface area contributed by atoms with Crippen molar-refractivity contribution in [3.05, 3.63) is 102 Å². The van der Waals surface area contributed by atoms with Gasteiger partial charge in [0.25, 0.3) is 0 Å². The molecule has 0 heterocycles. The fraction of sp³-hybridized carbons (Fsp3) is 0.500. The van der Waals surface area contributed by atoms with Gasteiger partial charge in [0.1, 0.15) is 0 Å². The molecule has 0 bridgehead atoms. The first-order valence-electron chi connectivity index (χ1n) is 13.6. The average molecular weight is 641 g/mol. The molecule has 214 valence electrons. The van der Waals surface area contributed by atoms with Gasteiger partial charge in [-0.15, -0.1) is 11.6 Å². The van der Waals surface area contributed by atoms with E-state index in [1.807, 2.05) is 20.8 Å². The predicted octanol–water partition coefficient (Wildman–Crippen LogP) is 10.6. The smallest absolute Gasteiger partial charge is 0.673 e. The molecule has 0 amide bonds. The van der Waals surface area contributed by atoms with Crippen molar-refractivity contribution in [1.82, 2.24) is 0 Å². The molecule has 1 nitrogen and oxygen atoms in total. The van der Waals surface area contributed by atoms with Crippen molar-refractivity contribution in [2.75, 3.05) is 0 Å². The van der Waals surface area contributed by atoms with Crippen LogP contribution in [0.25, 0.3) is 5.73 Å². The molecule has 1 N–H and O–H groups in total. The molecule has 40 heavy (non-hydrogen) atoms. The van der Waals surface area contributed by atoms with Crippen LogP contribution in [0.2, 0.25) is 0 Å². The summed E-state index contributed by atoms with van der Waals surface area (Å²) in [6.45, 7) is 5.56. The number of benzene rings is 1. The van der Waals surface area contributed by atoms with Crippen molar-refractivity contribution in [2.24, 2.45) is 0 Å². The summed E-state index contributed by atoms with van der Waals surface area (Å²) in [5.41, 5.74) is 3.98. The van der Waals surface area contributed by atoms with Crippen LogP contribution in [0.3, 0.4) is 0 Å². The molecule has 0 atom stereocenters. The second kappa shape index (κ2) is 15.4. The Morgan fingerprint density at radius 3 is 1.35 bits per heavy atom. The maximum absolute atomic E-state index is 12.0. The zero-order chi connectivity index (χ0) is 28.8. The largest absolute Gasteiger partial charge is 4.00 e. The van der Waals surface area contributed by atoms with Crippen molar-refractivity contribution in [2.45, 2.75) is 103 Å². The number of nitrogens with one attached hydrogen (secondary N) is 1. The van der Waals surface area contributed by atoms with Crippen LogP contribution in [0.5, 0.6) is 0 Å². The van der Waals surface area contributed by atoms with Gasteiger partial charge in [-0.25, -0.2) is 0 Å². The van der Waals surface area contributed by atoms with Gasteiger partial charge in [0.05, 0.1) is 0 Å². The van der Waals surface area contributed by atoms with E-state index in [2.05, 4.69) is 25.7 Å². The molecule has 4 aliphatic carbocycles. The van der Waals surface area contributed by atoms with Gasteiger partial charge in [-0.05, 0) is 99.7 Å². The molecular formula is C32H37F6NZr+2. The van der Waals surface area contributed by atoms with Crippen molar-refractivity contribution in [1.29, 1.82) is 0 Å². The standard InChI is InChI=1S/C20H24.C8H3F6.C4H10N.Zr/c1-3-7-19-15(5-1)9-11-17(19)13-14-18-12-10-16-6-2-4-8-20(16)18;9-7(10,11)5-2-1-3-6(4-5)8(12,13)14;1-4(2,3)5;/h9-12H,1-8,13-14H2;2-4H;5H,1-3H3;/q;2*-1;+4. The van der Waals surface area contributed by atoms with Crippen LogP contribution < -0.4 is 0 Å². The van der Waals surface area contributed by atoms with Crippen LogP contribution >= 0.6 is 0 Å². The van der Waals surface area contributed by atoms with Crippen molar-refractivity contribution in [3.63, 3.8) is 0 Å². The molecule has 5 rings (SSSR count). The number of alkyl halides is 6. The fourth-order valence-corrected chi connectivity index (χ4v) is 5.10. The van der Waals surface area contributed by atoms with Gasteiger partial charge in [-0.2, -0.15) is 44.5 Å². The number of hydrogen-bond donors (Lipinski definition) is 0. The number of rotatable bonds is 3. The van der Waals surface area contributed by atoms with E-state index < -0.39 is 23.5 Å². The molecule has 4 aliphatic rings. The molecule has 0 aliphatic heterocycles. The Balaban J connectivity index is 0.000000246. The third-order valence-corrected chi connectivity index (χ3v) is 6.87. The summed E-state index contributed by atoms with van der Waals surface area (Å²) in [5.74, 6) is 10.00. The molecule has 0 unspecified atom stereocenters. The maximum atomic E-state index is 12.0. The van der Waals surface area contributed by atoms with Gasteiger partial charge in [0.2, 0.25) is 0 Å². The van der Waals surface area contributed by atoms with Crippen LogP contribution in [0, 0.1) is 67.3 Å². The quantitative estimate of drug-likeness (QED) is 0.232. The fourth-order valence-electron chi connectivity index (χ4n) is 5.10. The van der Waals surface area contributed by atoms with E-state index in [1.165, 1.54) is 64.2 Å². The molecule has 0 spiro atoms. The second-order valence-corrected chi connectivity index (χ2v) is 11.4. The Morgan fingerprint density at radius 1 is 0.650 bits per heavy atom. The molecule has 0 saturated heterocycles. The Morgan fingerprint density at radius 2 is 1.00 bits per heavy atom. The second-order valence-electron chi connectivity index (χ2n) is 11.4. The maximum Gasteiger partial charge on any atom is 4.00 e. The zero-order valence-corrected chi connectivity index (χ0v) is 25.8. The number of hydrogen-bond acceptors (Lipinski definition) is 0. The monoisotopic (exact) mass is 639 g/mol. The molecule has 8 heteroatoms. The Bertz CT molecular complexity index is 810. The van der Waals surface area contributed by atoms with Crippen LogP contribution in [0.1, 0.15) is 96.1 Å². The van der Waals surface area contributed by atoms with E-state index in [0.29, 0.717) is 12.1 Å². The van der Waals surface area contributed by atoms with Gasteiger partial charge >= 0.3 is 38.6 Å². The zero-order valence-electron chi connectivity index (χ0n) is 23.4. The Labute approximate surface area is 256 Å². The molecule has 4 fully saturated rings. The van der Waals surface area contributed by atoms with Gasteiger partial charge in [-0.1, -0.05) is 57.6 Å². The number of fused-ring (bicyclic) bond motifs is 2.